The molecule has 42 valence electrons. The van der Waals surface area contributed by atoms with Crippen LogP contribution in [0.15, 0.2) is 12.2 Å². The molecular formula is C5H10OS. The van der Waals surface area contributed by atoms with E-state index in [4.69, 9.17) is 5.11 Å². The number of rotatable bonds is 2. The highest BCUT2D eigenvalue weighted by Gasteiger charge is 1.88. The Morgan fingerprint density at radius 2 is 2.29 bits per heavy atom. The summed E-state index contributed by atoms with van der Waals surface area (Å²) in [5.41, 5.74) is -0.315. The lowest BCUT2D eigenvalue weighted by atomic mass is 10.6. The molecule has 0 heterocycles. The minimum atomic E-state index is -0.315. The second-order valence-electron chi connectivity index (χ2n) is 1.15. The first-order valence-corrected chi connectivity index (χ1v) is 3.43. The molecule has 0 fully saturated rings. The summed E-state index contributed by atoms with van der Waals surface area (Å²) in [4.78, 5) is 0. The van der Waals surface area contributed by atoms with E-state index in [1.807, 2.05) is 19.3 Å². The van der Waals surface area contributed by atoms with Gasteiger partial charge in [0, 0.05) is 0 Å². The fraction of sp³-hybridized carbons (Fsp3) is 0.600. The Morgan fingerprint density at radius 3 is 2.43 bits per heavy atom. The second-order valence-corrected chi connectivity index (χ2v) is 2.11. The Bertz CT molecular complexity index is 61.1. The Morgan fingerprint density at radius 1 is 1.71 bits per heavy atom. The zero-order valence-electron chi connectivity index (χ0n) is 4.59. The first-order chi connectivity index (χ1) is 3.31. The van der Waals surface area contributed by atoms with Gasteiger partial charge in [0.05, 0.1) is 0 Å². The number of hydrogen-bond donors (Lipinski definition) is 1. The van der Waals surface area contributed by atoms with Crippen molar-refractivity contribution in [2.24, 2.45) is 0 Å². The molecule has 0 radical (unpaired) electrons. The summed E-state index contributed by atoms with van der Waals surface area (Å²) < 4.78 is 0. The molecule has 0 aliphatic heterocycles. The summed E-state index contributed by atoms with van der Waals surface area (Å²) in [5, 5.41) is 8.73. The van der Waals surface area contributed by atoms with Crippen LogP contribution in [0.3, 0.4) is 0 Å². The zero-order valence-corrected chi connectivity index (χ0v) is 5.40. The largest absolute Gasteiger partial charge is 0.379 e. The van der Waals surface area contributed by atoms with E-state index in [0.717, 1.165) is 0 Å². The molecule has 0 spiro atoms. The predicted octanol–water partition coefficient (Wildman–Crippen LogP) is 1.24. The van der Waals surface area contributed by atoms with E-state index < -0.39 is 0 Å². The van der Waals surface area contributed by atoms with Crippen LogP contribution in [0.4, 0.5) is 0 Å². The van der Waals surface area contributed by atoms with Crippen molar-refractivity contribution in [3.8, 4) is 0 Å². The summed E-state index contributed by atoms with van der Waals surface area (Å²) in [7, 11) is 0. The molecule has 1 atom stereocenters. The maximum atomic E-state index is 8.73. The Balaban J connectivity index is 3.16. The van der Waals surface area contributed by atoms with Crippen molar-refractivity contribution in [2.75, 3.05) is 6.26 Å². The van der Waals surface area contributed by atoms with E-state index in [-0.39, 0.29) is 5.44 Å². The van der Waals surface area contributed by atoms with Crippen LogP contribution in [0.2, 0.25) is 0 Å². The van der Waals surface area contributed by atoms with Crippen LogP contribution in [0.1, 0.15) is 6.92 Å². The van der Waals surface area contributed by atoms with Gasteiger partial charge < -0.3 is 5.11 Å². The van der Waals surface area contributed by atoms with Crippen LogP contribution >= 0.6 is 11.8 Å². The van der Waals surface area contributed by atoms with Gasteiger partial charge in [0.1, 0.15) is 5.44 Å². The lowest BCUT2D eigenvalue weighted by Gasteiger charge is -1.95. The third-order valence-electron chi connectivity index (χ3n) is 0.599. The summed E-state index contributed by atoms with van der Waals surface area (Å²) >= 11 is 1.42. The molecule has 0 aliphatic carbocycles. The van der Waals surface area contributed by atoms with Gasteiger partial charge in [0.15, 0.2) is 0 Å². The summed E-state index contributed by atoms with van der Waals surface area (Å²) in [5.74, 6) is 0. The molecule has 0 bridgehead atoms. The average molecular weight is 118 g/mol. The van der Waals surface area contributed by atoms with Crippen LogP contribution in [-0.2, 0) is 0 Å². The van der Waals surface area contributed by atoms with Crippen molar-refractivity contribution in [3.05, 3.63) is 12.2 Å². The molecule has 0 aromatic rings. The van der Waals surface area contributed by atoms with Crippen LogP contribution in [-0.4, -0.2) is 16.8 Å². The molecule has 0 saturated carbocycles. The zero-order chi connectivity index (χ0) is 5.70. The number of aliphatic hydroxyl groups excluding tert-OH is 1. The number of hydrogen-bond acceptors (Lipinski definition) is 2. The molecule has 0 rings (SSSR count). The van der Waals surface area contributed by atoms with Gasteiger partial charge in [-0.05, 0) is 13.2 Å². The molecule has 1 N–H and O–H groups in total. The summed E-state index contributed by atoms with van der Waals surface area (Å²) in [6, 6.07) is 0. The van der Waals surface area contributed by atoms with E-state index in [1.54, 1.807) is 6.08 Å². The Kier molecular flexibility index (Phi) is 4.25. The van der Waals surface area contributed by atoms with Gasteiger partial charge in [-0.3, -0.25) is 0 Å². The number of allylic oxidation sites excluding steroid dienone is 1. The van der Waals surface area contributed by atoms with Crippen LogP contribution in [0, 0.1) is 0 Å². The molecule has 1 nitrogen and oxygen atoms in total. The van der Waals surface area contributed by atoms with E-state index in [2.05, 4.69) is 0 Å². The third kappa shape index (κ3) is 3.89. The molecule has 2 heteroatoms. The molecule has 0 saturated heterocycles. The van der Waals surface area contributed by atoms with Gasteiger partial charge in [-0.2, -0.15) is 0 Å². The van der Waals surface area contributed by atoms with Crippen molar-refractivity contribution < 1.29 is 5.11 Å². The summed E-state index contributed by atoms with van der Waals surface area (Å²) in [6.07, 6.45) is 5.44. The first-order valence-electron chi connectivity index (χ1n) is 2.15. The quantitative estimate of drug-likeness (QED) is 0.435. The van der Waals surface area contributed by atoms with E-state index >= 15 is 0 Å². The highest BCUT2D eigenvalue weighted by Crippen LogP contribution is 2.01. The van der Waals surface area contributed by atoms with E-state index in [0.29, 0.717) is 0 Å². The van der Waals surface area contributed by atoms with E-state index in [1.165, 1.54) is 11.8 Å². The van der Waals surface area contributed by atoms with Gasteiger partial charge >= 0.3 is 0 Å². The Labute approximate surface area is 48.4 Å². The first kappa shape index (κ1) is 7.05. The topological polar surface area (TPSA) is 20.2 Å². The molecule has 1 unspecified atom stereocenters. The molecule has 0 aliphatic rings. The van der Waals surface area contributed by atoms with Gasteiger partial charge in [-0.1, -0.05) is 12.2 Å². The standard InChI is InChI=1S/C5H10OS/c1-3-4-5(6)7-2/h3-6H,1-2H3/b4-3+. The van der Waals surface area contributed by atoms with Gasteiger partial charge in [0.2, 0.25) is 0 Å². The maximum absolute atomic E-state index is 8.73. The SMILES string of the molecule is C/C=C/C(O)SC. The van der Waals surface area contributed by atoms with Crippen molar-refractivity contribution in [3.63, 3.8) is 0 Å². The van der Waals surface area contributed by atoms with E-state index in [9.17, 15) is 0 Å². The predicted molar refractivity (Wildman–Crippen MR) is 34.3 cm³/mol. The number of thioether (sulfide) groups is 1. The van der Waals surface area contributed by atoms with Crippen LogP contribution < -0.4 is 0 Å². The summed E-state index contributed by atoms with van der Waals surface area (Å²) in [6.45, 7) is 1.89. The monoisotopic (exact) mass is 118 g/mol. The van der Waals surface area contributed by atoms with Crippen molar-refractivity contribution >= 4 is 11.8 Å². The van der Waals surface area contributed by atoms with Crippen molar-refractivity contribution in [2.45, 2.75) is 12.4 Å². The third-order valence-corrected chi connectivity index (χ3v) is 1.24. The van der Waals surface area contributed by atoms with Crippen molar-refractivity contribution in [1.82, 2.24) is 0 Å². The van der Waals surface area contributed by atoms with Crippen molar-refractivity contribution in [1.29, 1.82) is 0 Å². The molecule has 0 amide bonds. The Hall–Kier alpha value is 0.0500. The minimum absolute atomic E-state index is 0.315. The highest BCUT2D eigenvalue weighted by molar-refractivity contribution is 7.99. The smallest absolute Gasteiger partial charge is 0.118 e. The minimum Gasteiger partial charge on any atom is -0.379 e. The van der Waals surface area contributed by atoms with Crippen LogP contribution in [0.5, 0.6) is 0 Å². The lowest BCUT2D eigenvalue weighted by molar-refractivity contribution is 0.310. The molecule has 7 heavy (non-hydrogen) atoms. The lowest BCUT2D eigenvalue weighted by Crippen LogP contribution is -1.90. The van der Waals surface area contributed by atoms with Gasteiger partial charge in [0.25, 0.3) is 0 Å². The van der Waals surface area contributed by atoms with Gasteiger partial charge in [-0.25, -0.2) is 0 Å². The second kappa shape index (κ2) is 4.22. The molecule has 0 aromatic heterocycles. The highest BCUT2D eigenvalue weighted by atomic mass is 32.2. The molecule has 0 aromatic carbocycles. The maximum Gasteiger partial charge on any atom is 0.118 e. The van der Waals surface area contributed by atoms with Gasteiger partial charge in [-0.15, -0.1) is 11.8 Å². The van der Waals surface area contributed by atoms with Crippen LogP contribution in [0.25, 0.3) is 0 Å². The fourth-order valence-electron chi connectivity index (χ4n) is 0.243. The number of aliphatic hydroxyl groups is 1. The average Bonchev–Trinajstić information content (AvgIpc) is 1.68. The normalized spacial score (nSPS) is 15.3. The molecular weight excluding hydrogens is 108 g/mol. The fourth-order valence-corrected chi connectivity index (χ4v) is 0.557.